The summed E-state index contributed by atoms with van der Waals surface area (Å²) >= 11 is 1.25. The van der Waals surface area contributed by atoms with Crippen LogP contribution < -0.4 is 5.73 Å². The second-order valence-corrected chi connectivity index (χ2v) is 7.41. The number of amides is 1. The van der Waals surface area contributed by atoms with Gasteiger partial charge in [-0.3, -0.25) is 14.6 Å². The van der Waals surface area contributed by atoms with Crippen LogP contribution in [-0.2, 0) is 11.2 Å². The number of carbonyl (C=O) groups is 2. The lowest BCUT2D eigenvalue weighted by molar-refractivity contribution is -0.118. The molecule has 0 saturated carbocycles. The number of carbonyl (C=O) groups excluding carboxylic acids is 2. The van der Waals surface area contributed by atoms with Crippen molar-refractivity contribution in [2.75, 3.05) is 0 Å². The van der Waals surface area contributed by atoms with E-state index in [1.165, 1.54) is 17.5 Å². The van der Waals surface area contributed by atoms with Gasteiger partial charge in [-0.2, -0.15) is 0 Å². The molecule has 0 spiro atoms. The third-order valence-corrected chi connectivity index (χ3v) is 5.07. The molecule has 0 unspecified atom stereocenters. The molecule has 2 heterocycles. The maximum Gasteiger partial charge on any atom is 0.260 e. The topological polar surface area (TPSA) is 99.1 Å². The van der Waals surface area contributed by atoms with Crippen LogP contribution >= 0.6 is 11.3 Å². The number of ketones is 1. The van der Waals surface area contributed by atoms with E-state index in [0.29, 0.717) is 17.1 Å². The number of primary amides is 1. The van der Waals surface area contributed by atoms with Gasteiger partial charge in [0.2, 0.25) is 0 Å². The van der Waals surface area contributed by atoms with Gasteiger partial charge < -0.3 is 10.2 Å². The highest BCUT2D eigenvalue weighted by Gasteiger charge is 2.06. The van der Waals surface area contributed by atoms with Crippen LogP contribution in [0.3, 0.4) is 0 Å². The molecular formula is C22H27N3O3S. The molecule has 3 aromatic rings. The zero-order valence-electron chi connectivity index (χ0n) is 16.7. The minimum absolute atomic E-state index is 0.371. The van der Waals surface area contributed by atoms with E-state index in [9.17, 15) is 9.59 Å². The average molecular weight is 414 g/mol. The number of Topliss-reactive ketones (excluding diaryl/α,β-unsaturated/α-hetero) is 1. The smallest absolute Gasteiger partial charge is 0.260 e. The third-order valence-electron chi connectivity index (χ3n) is 4.28. The number of unbranched alkanes of at least 4 members (excludes halogenated alkanes) is 3. The Morgan fingerprint density at radius 3 is 2.45 bits per heavy atom. The van der Waals surface area contributed by atoms with E-state index >= 15 is 0 Å². The summed E-state index contributed by atoms with van der Waals surface area (Å²) in [7, 11) is 0. The third kappa shape index (κ3) is 8.39. The van der Waals surface area contributed by atoms with Crippen LogP contribution in [0.1, 0.15) is 61.0 Å². The number of hydrogen-bond acceptors (Lipinski definition) is 6. The lowest BCUT2D eigenvalue weighted by atomic mass is 10.1. The molecule has 6 nitrogen and oxygen atoms in total. The van der Waals surface area contributed by atoms with Crippen molar-refractivity contribution in [3.63, 3.8) is 0 Å². The summed E-state index contributed by atoms with van der Waals surface area (Å²) < 4.78 is 5.77. The lowest BCUT2D eigenvalue weighted by Crippen LogP contribution is -2.08. The van der Waals surface area contributed by atoms with E-state index in [1.54, 1.807) is 11.7 Å². The molecule has 0 fully saturated rings. The molecule has 7 heteroatoms. The first kappa shape index (κ1) is 22.5. The van der Waals surface area contributed by atoms with Crippen molar-refractivity contribution in [1.29, 1.82) is 0 Å². The lowest BCUT2D eigenvalue weighted by Gasteiger charge is -1.99. The molecule has 29 heavy (non-hydrogen) atoms. The molecule has 0 atom stereocenters. The second kappa shape index (κ2) is 12.6. The molecule has 2 aromatic heterocycles. The van der Waals surface area contributed by atoms with E-state index in [0.717, 1.165) is 55.7 Å². The van der Waals surface area contributed by atoms with Crippen molar-refractivity contribution in [3.05, 3.63) is 59.0 Å². The molecular weight excluding hydrogens is 386 g/mol. The van der Waals surface area contributed by atoms with Gasteiger partial charge in [-0.25, -0.2) is 4.98 Å². The van der Waals surface area contributed by atoms with Gasteiger partial charge in [0.05, 0.1) is 17.9 Å². The van der Waals surface area contributed by atoms with Crippen molar-refractivity contribution >= 4 is 23.0 Å². The van der Waals surface area contributed by atoms with Gasteiger partial charge in [0.15, 0.2) is 11.7 Å². The fourth-order valence-corrected chi connectivity index (χ4v) is 3.10. The molecule has 3 rings (SSSR count). The molecule has 1 amide bonds. The van der Waals surface area contributed by atoms with Crippen LogP contribution in [0.2, 0.25) is 0 Å². The predicted octanol–water partition coefficient (Wildman–Crippen LogP) is 5.06. The largest absolute Gasteiger partial charge is 0.441 e. The zero-order valence-corrected chi connectivity index (χ0v) is 17.5. The van der Waals surface area contributed by atoms with Crippen LogP contribution in [0.15, 0.2) is 52.7 Å². The van der Waals surface area contributed by atoms with E-state index in [2.05, 4.69) is 9.97 Å². The Kier molecular flexibility index (Phi) is 9.78. The van der Waals surface area contributed by atoms with Crippen LogP contribution in [-0.4, -0.2) is 21.7 Å². The van der Waals surface area contributed by atoms with E-state index in [-0.39, 0.29) is 0 Å². The Hall–Kier alpha value is -2.80. The molecule has 0 aliphatic rings. The van der Waals surface area contributed by atoms with Gasteiger partial charge in [-0.05, 0) is 12.8 Å². The summed E-state index contributed by atoms with van der Waals surface area (Å²) in [6, 6.07) is 10.0. The monoisotopic (exact) mass is 413 g/mol. The fraction of sp³-hybridized carbons (Fsp3) is 0.364. The number of rotatable bonds is 10. The maximum absolute atomic E-state index is 11.2. The van der Waals surface area contributed by atoms with Gasteiger partial charge in [-0.1, -0.05) is 50.1 Å². The van der Waals surface area contributed by atoms with Gasteiger partial charge in [0.1, 0.15) is 10.7 Å². The van der Waals surface area contributed by atoms with Crippen LogP contribution in [0, 0.1) is 0 Å². The van der Waals surface area contributed by atoms with Crippen molar-refractivity contribution in [2.45, 2.75) is 51.9 Å². The van der Waals surface area contributed by atoms with Crippen LogP contribution in [0.5, 0.6) is 0 Å². The standard InChI is InChI=1S/C18H23NO2.C4H4N2OS/c1-2-16(20)12-8-3-4-9-13-18-19-14-17(21-18)15-10-6-5-7-11-15;5-4(7)3-1-6-2-8-3/h5-7,10-11,14H,2-4,8-9,12-13H2,1H3;1-2H,(H2,5,7). The number of oxazole rings is 1. The molecule has 2 N–H and O–H groups in total. The summed E-state index contributed by atoms with van der Waals surface area (Å²) in [6.45, 7) is 1.93. The molecule has 0 saturated heterocycles. The Balaban J connectivity index is 0.000000313. The highest BCUT2D eigenvalue weighted by Crippen LogP contribution is 2.20. The van der Waals surface area contributed by atoms with E-state index in [1.807, 2.05) is 37.3 Å². The molecule has 0 aliphatic carbocycles. The number of nitrogens with zero attached hydrogens (tertiary/aromatic N) is 2. The number of nitrogens with two attached hydrogens (primary N) is 1. The first-order chi connectivity index (χ1) is 14.1. The van der Waals surface area contributed by atoms with Gasteiger partial charge in [0.25, 0.3) is 5.91 Å². The van der Waals surface area contributed by atoms with Crippen molar-refractivity contribution in [3.8, 4) is 11.3 Å². The highest BCUT2D eigenvalue weighted by molar-refractivity contribution is 7.11. The first-order valence-corrected chi connectivity index (χ1v) is 10.7. The van der Waals surface area contributed by atoms with Crippen molar-refractivity contribution in [1.82, 2.24) is 9.97 Å². The number of benzene rings is 1. The highest BCUT2D eigenvalue weighted by atomic mass is 32.1. The maximum atomic E-state index is 11.2. The number of aryl methyl sites for hydroxylation is 1. The Morgan fingerprint density at radius 1 is 1.07 bits per heavy atom. The molecule has 0 bridgehead atoms. The zero-order chi connectivity index (χ0) is 20.9. The van der Waals surface area contributed by atoms with Crippen molar-refractivity contribution in [2.24, 2.45) is 5.73 Å². The summed E-state index contributed by atoms with van der Waals surface area (Å²) in [6.07, 6.45) is 9.82. The van der Waals surface area contributed by atoms with Gasteiger partial charge in [-0.15, -0.1) is 11.3 Å². The molecule has 154 valence electrons. The molecule has 0 aliphatic heterocycles. The minimum Gasteiger partial charge on any atom is -0.441 e. The molecule has 1 aromatic carbocycles. The summed E-state index contributed by atoms with van der Waals surface area (Å²) in [5.74, 6) is 1.60. The van der Waals surface area contributed by atoms with Crippen molar-refractivity contribution < 1.29 is 14.0 Å². The fourth-order valence-electron chi connectivity index (χ4n) is 2.63. The predicted molar refractivity (Wildman–Crippen MR) is 115 cm³/mol. The second-order valence-electron chi connectivity index (χ2n) is 6.52. The number of aromatic nitrogens is 2. The summed E-state index contributed by atoms with van der Waals surface area (Å²) in [5.41, 5.74) is 7.52. The summed E-state index contributed by atoms with van der Waals surface area (Å²) in [5, 5.41) is 0. The Morgan fingerprint density at radius 2 is 1.83 bits per heavy atom. The SMILES string of the molecule is CCC(=O)CCCCCCc1ncc(-c2ccccc2)o1.NC(=O)c1cncs1. The van der Waals surface area contributed by atoms with Gasteiger partial charge >= 0.3 is 0 Å². The normalized spacial score (nSPS) is 10.2. The quantitative estimate of drug-likeness (QED) is 0.469. The number of thiazole rings is 1. The van der Waals surface area contributed by atoms with E-state index in [4.69, 9.17) is 10.2 Å². The van der Waals surface area contributed by atoms with Crippen LogP contribution in [0.4, 0.5) is 0 Å². The number of hydrogen-bond donors (Lipinski definition) is 1. The minimum atomic E-state index is -0.410. The summed E-state index contributed by atoms with van der Waals surface area (Å²) in [4.78, 5) is 29.9. The van der Waals surface area contributed by atoms with E-state index < -0.39 is 5.91 Å². The average Bonchev–Trinajstić information content (AvgIpc) is 3.44. The molecule has 0 radical (unpaired) electrons. The van der Waals surface area contributed by atoms with Crippen LogP contribution in [0.25, 0.3) is 11.3 Å². The first-order valence-electron chi connectivity index (χ1n) is 9.80. The Bertz CT molecular complexity index is 861. The Labute approximate surface area is 175 Å². The van der Waals surface area contributed by atoms with Gasteiger partial charge in [0, 0.05) is 24.8 Å².